The molecular formula is C41H35Cl2F2N7O12. The van der Waals surface area contributed by atoms with Gasteiger partial charge < -0.3 is 38.0 Å². The molecule has 23 heteroatoms. The van der Waals surface area contributed by atoms with Crippen LogP contribution in [0.1, 0.15) is 25.2 Å². The highest BCUT2D eigenvalue weighted by atomic mass is 35.5. The van der Waals surface area contributed by atoms with Crippen LogP contribution < -0.4 is 41.4 Å². The van der Waals surface area contributed by atoms with Crippen molar-refractivity contribution in [2.24, 2.45) is 19.3 Å². The molecule has 0 unspecified atom stereocenters. The number of hydrogen-bond donors (Lipinski definition) is 1. The third-order valence-corrected chi connectivity index (χ3v) is 9.10. The van der Waals surface area contributed by atoms with Crippen LogP contribution in [0.15, 0.2) is 97.4 Å². The van der Waals surface area contributed by atoms with Crippen molar-refractivity contribution >= 4 is 40.9 Å². The van der Waals surface area contributed by atoms with E-state index in [1.165, 1.54) is 72.0 Å². The minimum atomic E-state index is -1.22. The van der Waals surface area contributed by atoms with Crippen molar-refractivity contribution in [3.8, 4) is 46.1 Å². The number of benzene rings is 2. The van der Waals surface area contributed by atoms with Crippen LogP contribution in [0, 0.1) is 25.5 Å². The molecule has 0 radical (unpaired) electrons. The summed E-state index contributed by atoms with van der Waals surface area (Å²) in [6.07, 6.45) is 2.76. The first kappa shape index (κ1) is 47.4. The molecule has 4 aromatic heterocycles. The number of ether oxygens (including phenoxy) is 4. The van der Waals surface area contributed by atoms with Crippen molar-refractivity contribution in [3.63, 3.8) is 0 Å². The summed E-state index contributed by atoms with van der Waals surface area (Å²) < 4.78 is 54.8. The number of aryl methyl sites for hydroxylation is 2. The zero-order valence-corrected chi connectivity index (χ0v) is 35.9. The van der Waals surface area contributed by atoms with Gasteiger partial charge in [-0.1, -0.05) is 28.4 Å². The average Bonchev–Trinajstić information content (AvgIpc) is 3.23. The molecule has 0 amide bonds. The summed E-state index contributed by atoms with van der Waals surface area (Å²) in [7, 11) is 2.90. The minimum Gasteiger partial charge on any atom is -0.479 e. The van der Waals surface area contributed by atoms with Crippen molar-refractivity contribution in [2.75, 3.05) is 13.2 Å². The van der Waals surface area contributed by atoms with E-state index in [9.17, 15) is 37.5 Å². The molecule has 0 bridgehead atoms. The first-order chi connectivity index (χ1) is 30.3. The molecule has 0 saturated heterocycles. The van der Waals surface area contributed by atoms with Gasteiger partial charge in [-0.25, -0.2) is 47.1 Å². The Morgan fingerprint density at radius 3 is 1.52 bits per heavy atom. The normalized spacial score (nSPS) is 10.6. The van der Waals surface area contributed by atoms with Gasteiger partial charge in [-0.05, 0) is 64.1 Å². The molecule has 6 rings (SSSR count). The van der Waals surface area contributed by atoms with Gasteiger partial charge in [-0.3, -0.25) is 9.59 Å². The lowest BCUT2D eigenvalue weighted by Gasteiger charge is -2.14. The lowest BCUT2D eigenvalue weighted by Crippen LogP contribution is -2.38. The van der Waals surface area contributed by atoms with E-state index in [-0.39, 0.29) is 56.2 Å². The molecule has 0 aliphatic carbocycles. The number of halogens is 4. The van der Waals surface area contributed by atoms with Crippen LogP contribution in [0.2, 0.25) is 10.0 Å². The van der Waals surface area contributed by atoms with Crippen LogP contribution in [0.4, 0.5) is 8.78 Å². The summed E-state index contributed by atoms with van der Waals surface area (Å²) in [5, 5.41) is 12.0. The molecule has 4 heterocycles. The second-order valence-corrected chi connectivity index (χ2v) is 14.2. The van der Waals surface area contributed by atoms with Gasteiger partial charge in [0, 0.05) is 62.1 Å². The van der Waals surface area contributed by atoms with Gasteiger partial charge >= 0.3 is 23.3 Å². The van der Waals surface area contributed by atoms with Gasteiger partial charge in [-0.2, -0.15) is 0 Å². The molecule has 0 spiro atoms. The van der Waals surface area contributed by atoms with Gasteiger partial charge in [0.05, 0.1) is 27.1 Å². The van der Waals surface area contributed by atoms with Crippen molar-refractivity contribution in [2.45, 2.75) is 27.7 Å². The number of carboxylic acids is 1. The fourth-order valence-corrected chi connectivity index (χ4v) is 5.61. The topological polar surface area (TPSA) is 227 Å². The maximum atomic E-state index is 14.7. The zero-order chi connectivity index (χ0) is 47.0. The van der Waals surface area contributed by atoms with E-state index in [1.807, 2.05) is 0 Å². The highest BCUT2D eigenvalue weighted by Crippen LogP contribution is 2.37. The van der Waals surface area contributed by atoms with Crippen LogP contribution in [-0.4, -0.2) is 64.2 Å². The van der Waals surface area contributed by atoms with E-state index < -0.39 is 59.3 Å². The number of aliphatic carboxylic acids is 1. The van der Waals surface area contributed by atoms with Crippen LogP contribution in [-0.2, 0) is 28.5 Å². The first-order valence-corrected chi connectivity index (χ1v) is 19.0. The van der Waals surface area contributed by atoms with E-state index in [0.717, 1.165) is 24.3 Å². The predicted octanol–water partition coefficient (Wildman–Crippen LogP) is 5.43. The Hall–Kier alpha value is -7.65. The highest BCUT2D eigenvalue weighted by molar-refractivity contribution is 6.32. The van der Waals surface area contributed by atoms with Gasteiger partial charge in [0.15, 0.2) is 24.7 Å². The first-order valence-electron chi connectivity index (χ1n) is 18.3. The lowest BCUT2D eigenvalue weighted by atomic mass is 10.2. The largest absolute Gasteiger partial charge is 0.479 e. The maximum absolute atomic E-state index is 14.7. The third-order valence-electron chi connectivity index (χ3n) is 8.51. The summed E-state index contributed by atoms with van der Waals surface area (Å²) in [5.74, 6) is -4.17. The predicted molar refractivity (Wildman–Crippen MR) is 226 cm³/mol. The fourth-order valence-electron chi connectivity index (χ4n) is 5.24. The molecule has 64 heavy (non-hydrogen) atoms. The van der Waals surface area contributed by atoms with Gasteiger partial charge in [0.25, 0.3) is 22.9 Å². The van der Waals surface area contributed by atoms with E-state index in [0.29, 0.717) is 26.2 Å². The molecule has 0 aliphatic heterocycles. The number of rotatable bonds is 13. The summed E-state index contributed by atoms with van der Waals surface area (Å²) in [5.41, 5.74) is -2.30. The second kappa shape index (κ2) is 20.5. The van der Waals surface area contributed by atoms with Gasteiger partial charge in [-0.15, -0.1) is 0 Å². The summed E-state index contributed by atoms with van der Waals surface area (Å²) in [4.78, 5) is 85.0. The number of oxime groups is 1. The Kier molecular flexibility index (Phi) is 15.2. The smallest absolute Gasteiger partial charge is 0.372 e. The van der Waals surface area contributed by atoms with Crippen LogP contribution in [0.5, 0.6) is 34.8 Å². The molecule has 2 aromatic carbocycles. The summed E-state index contributed by atoms with van der Waals surface area (Å²) in [6, 6.07) is 12.3. The van der Waals surface area contributed by atoms with E-state index in [1.54, 1.807) is 27.7 Å². The number of carboxylic acid groups (broad SMARTS) is 1. The standard InChI is InChI=1S/C22H20ClFN4O6.C19H15ClFN3O6/c1-12(2)26-34-20(30)11-32-21-17(6-5-7-25-21)33-18-10-16(15(24)9-14(18)23)28-19(29)8-13(3)27(4)22(28)31;1-10-6-16(25)24(19(28)23(10)2)13-8-15(11(20)7-12(13)21)30-14-4-3-5-22-18(14)29-9-17(26)27/h5-10H,11H2,1-4H3;3-8H,9H2,1-2H3,(H,26,27). The average molecular weight is 927 g/mol. The molecule has 1 N–H and O–H groups in total. The number of carbonyl (C=O) groups excluding carboxylic acids is 1. The van der Waals surface area contributed by atoms with E-state index in [4.69, 9.17) is 47.3 Å². The Morgan fingerprint density at radius 1 is 0.688 bits per heavy atom. The van der Waals surface area contributed by atoms with Crippen LogP contribution in [0.25, 0.3) is 11.4 Å². The van der Waals surface area contributed by atoms with Crippen molar-refractivity contribution < 1.29 is 47.3 Å². The van der Waals surface area contributed by atoms with Crippen molar-refractivity contribution in [3.05, 3.63) is 148 Å². The minimum absolute atomic E-state index is 0.00219. The highest BCUT2D eigenvalue weighted by Gasteiger charge is 2.21. The Balaban J connectivity index is 0.000000243. The zero-order valence-electron chi connectivity index (χ0n) is 34.4. The monoisotopic (exact) mass is 925 g/mol. The quantitative estimate of drug-likeness (QED) is 0.0866. The van der Waals surface area contributed by atoms with Crippen LogP contribution in [0.3, 0.4) is 0 Å². The van der Waals surface area contributed by atoms with E-state index >= 15 is 0 Å². The number of hydrogen-bond acceptors (Lipinski definition) is 14. The van der Waals surface area contributed by atoms with Crippen molar-refractivity contribution in [1.82, 2.24) is 28.2 Å². The molecule has 0 aliphatic rings. The van der Waals surface area contributed by atoms with E-state index in [2.05, 4.69) is 20.0 Å². The number of aromatic nitrogens is 6. The van der Waals surface area contributed by atoms with Gasteiger partial charge in [0.2, 0.25) is 0 Å². The Labute approximate surface area is 369 Å². The Bertz CT molecular complexity index is 3060. The maximum Gasteiger partial charge on any atom is 0.372 e. The molecular weight excluding hydrogens is 891 g/mol. The molecule has 6 aromatic rings. The number of carbonyl (C=O) groups is 2. The molecule has 0 saturated carbocycles. The summed E-state index contributed by atoms with van der Waals surface area (Å²) >= 11 is 12.2. The number of nitrogens with zero attached hydrogens (tertiary/aromatic N) is 7. The molecule has 19 nitrogen and oxygen atoms in total. The summed E-state index contributed by atoms with van der Waals surface area (Å²) in [6.45, 7) is 5.28. The number of pyridine rings is 2. The van der Waals surface area contributed by atoms with Gasteiger partial charge in [0.1, 0.15) is 23.1 Å². The molecule has 0 fully saturated rings. The SMILES string of the molecule is CC(C)=NOC(=O)COc1ncccc1Oc1cc(-n2c(=O)cc(C)n(C)c2=O)c(F)cc1Cl.Cc1cc(=O)n(-c2cc(Oc3cccnc3OCC(=O)O)c(Cl)cc2F)c(=O)n1C. The second-order valence-electron chi connectivity index (χ2n) is 13.4. The third kappa shape index (κ3) is 11.2. The fraction of sp³-hybridized carbons (Fsp3) is 0.195. The molecule has 334 valence electrons. The van der Waals surface area contributed by atoms with Crippen molar-refractivity contribution in [1.29, 1.82) is 0 Å². The lowest BCUT2D eigenvalue weighted by molar-refractivity contribution is -0.146. The molecule has 0 atom stereocenters. The Morgan fingerprint density at radius 2 is 1.11 bits per heavy atom. The van der Waals surface area contributed by atoms with Crippen LogP contribution >= 0.6 is 23.2 Å².